The first-order valence-corrected chi connectivity index (χ1v) is 5.91. The van der Waals surface area contributed by atoms with Crippen molar-refractivity contribution in [3.63, 3.8) is 0 Å². The van der Waals surface area contributed by atoms with Crippen molar-refractivity contribution in [1.82, 2.24) is 0 Å². The van der Waals surface area contributed by atoms with Gasteiger partial charge in [-0.15, -0.1) is 0 Å². The minimum atomic E-state index is -0.565. The fourth-order valence-electron chi connectivity index (χ4n) is 1.68. The Hall–Kier alpha value is -2.00. The summed E-state index contributed by atoms with van der Waals surface area (Å²) in [5.41, 5.74) is 7.05. The predicted octanol–water partition coefficient (Wildman–Crippen LogP) is 2.98. The molecule has 0 saturated carbocycles. The smallest absolute Gasteiger partial charge is 0.244 e. The van der Waals surface area contributed by atoms with Crippen LogP contribution in [-0.2, 0) is 4.79 Å². The summed E-state index contributed by atoms with van der Waals surface area (Å²) < 4.78 is 0. The van der Waals surface area contributed by atoms with Gasteiger partial charge in [0, 0.05) is 10.7 Å². The third-order valence-electron chi connectivity index (χ3n) is 2.57. The van der Waals surface area contributed by atoms with Crippen LogP contribution < -0.4 is 11.1 Å². The molecule has 0 saturated heterocycles. The Bertz CT molecular complexity index is 525. The normalized spacial score (nSPS) is 11.8. The van der Waals surface area contributed by atoms with Crippen LogP contribution >= 0.6 is 11.6 Å². The van der Waals surface area contributed by atoms with E-state index in [4.69, 9.17) is 17.3 Å². The van der Waals surface area contributed by atoms with E-state index in [0.717, 1.165) is 11.3 Å². The van der Waals surface area contributed by atoms with Gasteiger partial charge in [-0.2, -0.15) is 0 Å². The lowest BCUT2D eigenvalue weighted by atomic mass is 10.1. The maximum Gasteiger partial charge on any atom is 0.244 e. The van der Waals surface area contributed by atoms with Crippen molar-refractivity contribution >= 4 is 23.2 Å². The molecule has 0 aliphatic rings. The maximum absolute atomic E-state index is 11.5. The van der Waals surface area contributed by atoms with E-state index in [1.807, 2.05) is 30.3 Å². The number of carbonyl (C=O) groups is 1. The number of rotatable bonds is 4. The molecule has 2 rings (SSSR count). The first-order chi connectivity index (χ1) is 8.66. The van der Waals surface area contributed by atoms with Crippen LogP contribution in [-0.4, -0.2) is 5.91 Å². The second-order valence-corrected chi connectivity index (χ2v) is 4.33. The molecule has 0 spiro atoms. The molecule has 0 radical (unpaired) electrons. The molecule has 2 aromatic rings. The van der Waals surface area contributed by atoms with Crippen molar-refractivity contribution in [1.29, 1.82) is 0 Å². The molecule has 92 valence electrons. The zero-order valence-electron chi connectivity index (χ0n) is 9.64. The van der Waals surface area contributed by atoms with E-state index in [1.54, 1.807) is 24.3 Å². The van der Waals surface area contributed by atoms with E-state index < -0.39 is 11.9 Å². The van der Waals surface area contributed by atoms with E-state index >= 15 is 0 Å². The van der Waals surface area contributed by atoms with Crippen molar-refractivity contribution in [3.05, 3.63) is 65.2 Å². The third kappa shape index (κ3) is 3.02. The largest absolute Gasteiger partial charge is 0.370 e. The van der Waals surface area contributed by atoms with Crippen LogP contribution in [0.25, 0.3) is 0 Å². The molecule has 0 aliphatic heterocycles. The van der Waals surface area contributed by atoms with Crippen LogP contribution in [0.15, 0.2) is 54.6 Å². The Kier molecular flexibility index (Phi) is 3.85. The Morgan fingerprint density at radius 3 is 2.22 bits per heavy atom. The highest BCUT2D eigenvalue weighted by molar-refractivity contribution is 6.30. The van der Waals surface area contributed by atoms with Crippen molar-refractivity contribution in [2.75, 3.05) is 5.32 Å². The number of amides is 1. The Labute approximate surface area is 111 Å². The summed E-state index contributed by atoms with van der Waals surface area (Å²) in [7, 11) is 0. The SMILES string of the molecule is NC(=O)[C@H](Nc1ccccc1)c1ccc(Cl)cc1. The topological polar surface area (TPSA) is 55.1 Å². The second-order valence-electron chi connectivity index (χ2n) is 3.90. The molecule has 2 aromatic carbocycles. The minimum absolute atomic E-state index is 0.429. The third-order valence-corrected chi connectivity index (χ3v) is 2.82. The van der Waals surface area contributed by atoms with Crippen molar-refractivity contribution in [2.45, 2.75) is 6.04 Å². The Morgan fingerprint density at radius 2 is 1.67 bits per heavy atom. The molecule has 0 aromatic heterocycles. The number of carbonyl (C=O) groups excluding carboxylic acids is 1. The summed E-state index contributed by atoms with van der Waals surface area (Å²) in [6.07, 6.45) is 0. The van der Waals surface area contributed by atoms with E-state index in [1.165, 1.54) is 0 Å². The number of halogens is 1. The highest BCUT2D eigenvalue weighted by atomic mass is 35.5. The van der Waals surface area contributed by atoms with Crippen molar-refractivity contribution in [3.8, 4) is 0 Å². The molecule has 3 nitrogen and oxygen atoms in total. The van der Waals surface area contributed by atoms with Gasteiger partial charge in [0.2, 0.25) is 5.91 Å². The highest BCUT2D eigenvalue weighted by Gasteiger charge is 2.17. The van der Waals surface area contributed by atoms with Crippen LogP contribution in [0, 0.1) is 0 Å². The predicted molar refractivity (Wildman–Crippen MR) is 73.5 cm³/mol. The van der Waals surface area contributed by atoms with Crippen LogP contribution in [0.2, 0.25) is 5.02 Å². The summed E-state index contributed by atoms with van der Waals surface area (Å²) in [5.74, 6) is -0.429. The fourth-order valence-corrected chi connectivity index (χ4v) is 1.80. The lowest BCUT2D eigenvalue weighted by Gasteiger charge is -2.17. The average molecular weight is 261 g/mol. The molecule has 0 heterocycles. The molecule has 0 bridgehead atoms. The number of nitrogens with two attached hydrogens (primary N) is 1. The quantitative estimate of drug-likeness (QED) is 0.888. The summed E-state index contributed by atoms with van der Waals surface area (Å²) in [5, 5.41) is 3.72. The molecule has 4 heteroatoms. The summed E-state index contributed by atoms with van der Waals surface area (Å²) in [6, 6.07) is 15.9. The molecular formula is C14H13ClN2O. The van der Waals surface area contributed by atoms with E-state index in [-0.39, 0.29) is 0 Å². The number of anilines is 1. The van der Waals surface area contributed by atoms with Gasteiger partial charge in [-0.3, -0.25) is 4.79 Å². The molecule has 3 N–H and O–H groups in total. The van der Waals surface area contributed by atoms with E-state index in [2.05, 4.69) is 5.32 Å². The molecule has 18 heavy (non-hydrogen) atoms. The Morgan fingerprint density at radius 1 is 1.06 bits per heavy atom. The number of hydrogen-bond acceptors (Lipinski definition) is 2. The van der Waals surface area contributed by atoms with Gasteiger partial charge in [0.1, 0.15) is 6.04 Å². The van der Waals surface area contributed by atoms with E-state index in [9.17, 15) is 4.79 Å². The zero-order chi connectivity index (χ0) is 13.0. The van der Waals surface area contributed by atoms with Gasteiger partial charge in [0.05, 0.1) is 0 Å². The molecule has 0 unspecified atom stereocenters. The molecule has 1 amide bonds. The standard InChI is InChI=1S/C14H13ClN2O/c15-11-8-6-10(7-9-11)13(14(16)18)17-12-4-2-1-3-5-12/h1-9,13,17H,(H2,16,18)/t13-/m1/s1. The first kappa shape index (κ1) is 12.5. The average Bonchev–Trinajstić information content (AvgIpc) is 2.38. The number of nitrogens with one attached hydrogen (secondary N) is 1. The molecular weight excluding hydrogens is 248 g/mol. The monoisotopic (exact) mass is 260 g/mol. The van der Waals surface area contributed by atoms with Crippen molar-refractivity contribution in [2.24, 2.45) is 5.73 Å². The maximum atomic E-state index is 11.5. The van der Waals surface area contributed by atoms with E-state index in [0.29, 0.717) is 5.02 Å². The van der Waals surface area contributed by atoms with Gasteiger partial charge >= 0.3 is 0 Å². The van der Waals surface area contributed by atoms with Crippen LogP contribution in [0.3, 0.4) is 0 Å². The first-order valence-electron chi connectivity index (χ1n) is 5.53. The van der Waals surface area contributed by atoms with Gasteiger partial charge in [0.25, 0.3) is 0 Å². The lowest BCUT2D eigenvalue weighted by molar-refractivity contribution is -0.118. The Balaban J connectivity index is 2.24. The van der Waals surface area contributed by atoms with Gasteiger partial charge < -0.3 is 11.1 Å². The highest BCUT2D eigenvalue weighted by Crippen LogP contribution is 2.21. The number of para-hydroxylation sites is 1. The van der Waals surface area contributed by atoms with Gasteiger partial charge in [-0.05, 0) is 29.8 Å². The number of primary amides is 1. The molecule has 0 aliphatic carbocycles. The number of hydrogen-bond donors (Lipinski definition) is 2. The van der Waals surface area contributed by atoms with Crippen LogP contribution in [0.5, 0.6) is 0 Å². The van der Waals surface area contributed by atoms with Gasteiger partial charge in [-0.1, -0.05) is 41.9 Å². The zero-order valence-corrected chi connectivity index (χ0v) is 10.4. The van der Waals surface area contributed by atoms with Crippen LogP contribution in [0.1, 0.15) is 11.6 Å². The lowest BCUT2D eigenvalue weighted by Crippen LogP contribution is -2.27. The molecule has 1 atom stereocenters. The number of benzene rings is 2. The van der Waals surface area contributed by atoms with Gasteiger partial charge in [0.15, 0.2) is 0 Å². The summed E-state index contributed by atoms with van der Waals surface area (Å²) in [4.78, 5) is 11.5. The minimum Gasteiger partial charge on any atom is -0.370 e. The second kappa shape index (κ2) is 5.56. The van der Waals surface area contributed by atoms with Gasteiger partial charge in [-0.25, -0.2) is 0 Å². The van der Waals surface area contributed by atoms with Crippen molar-refractivity contribution < 1.29 is 4.79 Å². The van der Waals surface area contributed by atoms with Crippen LogP contribution in [0.4, 0.5) is 5.69 Å². The summed E-state index contributed by atoms with van der Waals surface area (Å²) >= 11 is 5.82. The summed E-state index contributed by atoms with van der Waals surface area (Å²) in [6.45, 7) is 0. The molecule has 0 fully saturated rings. The fraction of sp³-hybridized carbons (Fsp3) is 0.0714.